The molecule has 1 heterocycles. The van der Waals surface area contributed by atoms with Crippen LogP contribution in [0.15, 0.2) is 24.4 Å². The SMILES string of the molecule is Cn1ccc2c(CO)cc(N)cc21. The third kappa shape index (κ3) is 1.17. The molecule has 2 aromatic rings. The highest BCUT2D eigenvalue weighted by Gasteiger charge is 2.04. The lowest BCUT2D eigenvalue weighted by atomic mass is 10.1. The summed E-state index contributed by atoms with van der Waals surface area (Å²) in [5, 5.41) is 10.2. The fourth-order valence-corrected chi connectivity index (χ4v) is 1.60. The van der Waals surface area contributed by atoms with Crippen molar-refractivity contribution < 1.29 is 5.11 Å². The predicted octanol–water partition coefficient (Wildman–Crippen LogP) is 1.25. The van der Waals surface area contributed by atoms with E-state index in [9.17, 15) is 0 Å². The third-order valence-corrected chi connectivity index (χ3v) is 2.28. The molecule has 3 heteroatoms. The van der Waals surface area contributed by atoms with Crippen molar-refractivity contribution in [3.63, 3.8) is 0 Å². The van der Waals surface area contributed by atoms with Gasteiger partial charge in [0.15, 0.2) is 0 Å². The fourth-order valence-electron chi connectivity index (χ4n) is 1.60. The van der Waals surface area contributed by atoms with Gasteiger partial charge in [-0.05, 0) is 23.8 Å². The average molecular weight is 176 g/mol. The molecule has 68 valence electrons. The Balaban J connectivity index is 2.84. The maximum atomic E-state index is 9.10. The molecule has 2 rings (SSSR count). The summed E-state index contributed by atoms with van der Waals surface area (Å²) in [6.07, 6.45) is 1.96. The summed E-state index contributed by atoms with van der Waals surface area (Å²) in [7, 11) is 1.96. The quantitative estimate of drug-likeness (QED) is 0.642. The zero-order valence-electron chi connectivity index (χ0n) is 7.49. The number of fused-ring (bicyclic) bond motifs is 1. The molecule has 0 saturated carbocycles. The summed E-state index contributed by atoms with van der Waals surface area (Å²) >= 11 is 0. The first-order valence-corrected chi connectivity index (χ1v) is 4.16. The van der Waals surface area contributed by atoms with Gasteiger partial charge in [-0.15, -0.1) is 0 Å². The van der Waals surface area contributed by atoms with Gasteiger partial charge in [-0.25, -0.2) is 0 Å². The topological polar surface area (TPSA) is 51.2 Å². The number of nitrogens with zero attached hydrogens (tertiary/aromatic N) is 1. The molecule has 3 nitrogen and oxygen atoms in total. The van der Waals surface area contributed by atoms with E-state index in [1.165, 1.54) is 0 Å². The number of aliphatic hydroxyl groups excluding tert-OH is 1. The molecule has 0 aliphatic heterocycles. The maximum Gasteiger partial charge on any atom is 0.0689 e. The van der Waals surface area contributed by atoms with E-state index in [2.05, 4.69) is 0 Å². The van der Waals surface area contributed by atoms with Crippen LogP contribution in [0.1, 0.15) is 5.56 Å². The van der Waals surface area contributed by atoms with Gasteiger partial charge in [0.1, 0.15) is 0 Å². The van der Waals surface area contributed by atoms with E-state index < -0.39 is 0 Å². The minimum absolute atomic E-state index is 0.0333. The number of aromatic nitrogens is 1. The minimum atomic E-state index is 0.0333. The number of aryl methyl sites for hydroxylation is 1. The maximum absolute atomic E-state index is 9.10. The molecule has 1 aromatic carbocycles. The molecule has 0 atom stereocenters. The fraction of sp³-hybridized carbons (Fsp3) is 0.200. The molecule has 0 spiro atoms. The summed E-state index contributed by atoms with van der Waals surface area (Å²) < 4.78 is 1.99. The van der Waals surface area contributed by atoms with Crippen molar-refractivity contribution in [3.8, 4) is 0 Å². The van der Waals surface area contributed by atoms with Crippen molar-refractivity contribution in [1.29, 1.82) is 0 Å². The third-order valence-electron chi connectivity index (χ3n) is 2.28. The van der Waals surface area contributed by atoms with Gasteiger partial charge in [0.25, 0.3) is 0 Å². The van der Waals surface area contributed by atoms with Crippen molar-refractivity contribution >= 4 is 16.6 Å². The van der Waals surface area contributed by atoms with Crippen molar-refractivity contribution in [3.05, 3.63) is 30.0 Å². The highest BCUT2D eigenvalue weighted by molar-refractivity contribution is 5.86. The van der Waals surface area contributed by atoms with E-state index >= 15 is 0 Å². The number of benzene rings is 1. The van der Waals surface area contributed by atoms with Crippen molar-refractivity contribution in [2.24, 2.45) is 7.05 Å². The van der Waals surface area contributed by atoms with Crippen molar-refractivity contribution in [2.75, 3.05) is 5.73 Å². The van der Waals surface area contributed by atoms with Gasteiger partial charge in [-0.2, -0.15) is 0 Å². The lowest BCUT2D eigenvalue weighted by Gasteiger charge is -2.03. The zero-order valence-corrected chi connectivity index (χ0v) is 7.49. The Bertz CT molecular complexity index is 445. The largest absolute Gasteiger partial charge is 0.399 e. The van der Waals surface area contributed by atoms with Gasteiger partial charge in [-0.1, -0.05) is 0 Å². The number of aliphatic hydroxyl groups is 1. The smallest absolute Gasteiger partial charge is 0.0689 e. The Hall–Kier alpha value is -1.48. The van der Waals surface area contributed by atoms with Gasteiger partial charge in [0, 0.05) is 24.3 Å². The standard InChI is InChI=1S/C10H12N2O/c1-12-3-2-9-7(6-13)4-8(11)5-10(9)12/h2-5,13H,6,11H2,1H3. The molecular formula is C10H12N2O. The molecular weight excluding hydrogens is 164 g/mol. The molecule has 13 heavy (non-hydrogen) atoms. The van der Waals surface area contributed by atoms with Crippen molar-refractivity contribution in [2.45, 2.75) is 6.61 Å². The van der Waals surface area contributed by atoms with E-state index in [4.69, 9.17) is 10.8 Å². The van der Waals surface area contributed by atoms with Crippen LogP contribution in [0, 0.1) is 0 Å². The van der Waals surface area contributed by atoms with Crippen molar-refractivity contribution in [1.82, 2.24) is 4.57 Å². The second-order valence-electron chi connectivity index (χ2n) is 3.20. The molecule has 0 unspecified atom stereocenters. The Morgan fingerprint density at radius 1 is 1.46 bits per heavy atom. The van der Waals surface area contributed by atoms with Crippen LogP contribution < -0.4 is 5.73 Å². The van der Waals surface area contributed by atoms with E-state index in [-0.39, 0.29) is 6.61 Å². The van der Waals surface area contributed by atoms with Crippen LogP contribution in [0.5, 0.6) is 0 Å². The molecule has 0 aliphatic rings. The Morgan fingerprint density at radius 2 is 2.23 bits per heavy atom. The van der Waals surface area contributed by atoms with E-state index in [0.717, 1.165) is 16.5 Å². The second-order valence-corrected chi connectivity index (χ2v) is 3.20. The first-order chi connectivity index (χ1) is 6.22. The Labute approximate surface area is 76.4 Å². The number of hydrogen-bond donors (Lipinski definition) is 2. The van der Waals surface area contributed by atoms with Crippen LogP contribution in [-0.2, 0) is 13.7 Å². The molecule has 0 bridgehead atoms. The van der Waals surface area contributed by atoms with Gasteiger partial charge >= 0.3 is 0 Å². The predicted molar refractivity (Wildman–Crippen MR) is 53.3 cm³/mol. The first-order valence-electron chi connectivity index (χ1n) is 4.16. The molecule has 1 aromatic heterocycles. The molecule has 0 saturated heterocycles. The zero-order chi connectivity index (χ0) is 9.42. The van der Waals surface area contributed by atoms with Gasteiger partial charge < -0.3 is 15.4 Å². The van der Waals surface area contributed by atoms with Gasteiger partial charge in [0.2, 0.25) is 0 Å². The van der Waals surface area contributed by atoms with Crippen LogP contribution >= 0.6 is 0 Å². The second kappa shape index (κ2) is 2.78. The summed E-state index contributed by atoms with van der Waals surface area (Å²) in [5.41, 5.74) is 8.34. The summed E-state index contributed by atoms with van der Waals surface area (Å²) in [5.74, 6) is 0. The normalized spacial score (nSPS) is 10.9. The van der Waals surface area contributed by atoms with Gasteiger partial charge in [0.05, 0.1) is 12.1 Å². The summed E-state index contributed by atoms with van der Waals surface area (Å²) in [6, 6.07) is 5.71. The van der Waals surface area contributed by atoms with Gasteiger partial charge in [-0.3, -0.25) is 0 Å². The first kappa shape index (κ1) is 8.13. The van der Waals surface area contributed by atoms with Crippen LogP contribution in [0.3, 0.4) is 0 Å². The Kier molecular flexibility index (Phi) is 1.74. The molecule has 0 aliphatic carbocycles. The van der Waals surface area contributed by atoms with E-state index in [1.807, 2.05) is 36.0 Å². The van der Waals surface area contributed by atoms with E-state index in [1.54, 1.807) is 0 Å². The lowest BCUT2D eigenvalue weighted by molar-refractivity contribution is 0.283. The highest BCUT2D eigenvalue weighted by Crippen LogP contribution is 2.22. The minimum Gasteiger partial charge on any atom is -0.399 e. The summed E-state index contributed by atoms with van der Waals surface area (Å²) in [6.45, 7) is 0.0333. The van der Waals surface area contributed by atoms with Crippen LogP contribution in [0.25, 0.3) is 10.9 Å². The monoisotopic (exact) mass is 176 g/mol. The molecule has 0 amide bonds. The number of anilines is 1. The lowest BCUT2D eigenvalue weighted by Crippen LogP contribution is -1.92. The number of rotatable bonds is 1. The molecule has 0 radical (unpaired) electrons. The van der Waals surface area contributed by atoms with Crippen LogP contribution in [0.2, 0.25) is 0 Å². The number of nitrogen functional groups attached to an aromatic ring is 1. The number of hydrogen-bond acceptors (Lipinski definition) is 2. The summed E-state index contributed by atoms with van der Waals surface area (Å²) in [4.78, 5) is 0. The average Bonchev–Trinajstić information content (AvgIpc) is 2.47. The van der Waals surface area contributed by atoms with Crippen LogP contribution in [0.4, 0.5) is 5.69 Å². The Morgan fingerprint density at radius 3 is 2.92 bits per heavy atom. The van der Waals surface area contributed by atoms with Crippen LogP contribution in [-0.4, -0.2) is 9.67 Å². The molecule has 0 fully saturated rings. The number of nitrogens with two attached hydrogens (primary N) is 1. The highest BCUT2D eigenvalue weighted by atomic mass is 16.3. The van der Waals surface area contributed by atoms with E-state index in [0.29, 0.717) is 5.69 Å². The molecule has 3 N–H and O–H groups in total.